The van der Waals surface area contributed by atoms with Crippen LogP contribution in [0.15, 0.2) is 18.2 Å². The number of hydrogen-bond donors (Lipinski definition) is 1. The van der Waals surface area contributed by atoms with Crippen molar-refractivity contribution in [3.8, 4) is 0 Å². The summed E-state index contributed by atoms with van der Waals surface area (Å²) in [5.41, 5.74) is 0.0883. The summed E-state index contributed by atoms with van der Waals surface area (Å²) in [5, 5.41) is 3.42. The average Bonchev–Trinajstić information content (AvgIpc) is 2.30. The van der Waals surface area contributed by atoms with Gasteiger partial charge >= 0.3 is 6.09 Å². The predicted octanol–water partition coefficient (Wildman–Crippen LogP) is 4.15. The Hall–Kier alpha value is -1.26. The Bertz CT molecular complexity index is 498. The van der Waals surface area contributed by atoms with E-state index in [1.165, 1.54) is 0 Å². The highest BCUT2D eigenvalue weighted by atomic mass is 35.5. The summed E-state index contributed by atoms with van der Waals surface area (Å²) < 4.78 is 5.16. The van der Waals surface area contributed by atoms with Gasteiger partial charge in [-0.25, -0.2) is 4.79 Å². The zero-order valence-electron chi connectivity index (χ0n) is 11.6. The second-order valence-corrected chi connectivity index (χ2v) is 6.09. The average molecular weight is 318 g/mol. The van der Waals surface area contributed by atoms with Gasteiger partial charge in [0.1, 0.15) is 11.9 Å². The molecule has 1 aromatic carbocycles. The van der Waals surface area contributed by atoms with Gasteiger partial charge in [0, 0.05) is 6.42 Å². The molecule has 0 aliphatic heterocycles. The first-order valence-electron chi connectivity index (χ1n) is 6.11. The molecule has 0 aliphatic rings. The lowest BCUT2D eigenvalue weighted by Crippen LogP contribution is -2.35. The van der Waals surface area contributed by atoms with E-state index in [0.29, 0.717) is 15.6 Å². The first-order chi connectivity index (χ1) is 9.23. The molecule has 0 aromatic heterocycles. The van der Waals surface area contributed by atoms with Gasteiger partial charge in [0.05, 0.1) is 16.1 Å². The summed E-state index contributed by atoms with van der Waals surface area (Å²) in [6, 6.07) is 4.44. The molecule has 1 N–H and O–H groups in total. The zero-order chi connectivity index (χ0) is 15.3. The van der Waals surface area contributed by atoms with Crippen LogP contribution in [-0.4, -0.2) is 18.0 Å². The third kappa shape index (κ3) is 5.39. The van der Waals surface area contributed by atoms with E-state index in [1.54, 1.807) is 39.0 Å². The topological polar surface area (TPSA) is 55.4 Å². The van der Waals surface area contributed by atoms with E-state index in [0.717, 1.165) is 6.29 Å². The van der Waals surface area contributed by atoms with Crippen LogP contribution in [0.4, 0.5) is 4.79 Å². The third-order valence-corrected chi connectivity index (χ3v) is 3.11. The van der Waals surface area contributed by atoms with Gasteiger partial charge in [-0.3, -0.25) is 0 Å². The minimum absolute atomic E-state index is 0.122. The lowest BCUT2D eigenvalue weighted by atomic mass is 10.0. The second-order valence-electron chi connectivity index (χ2n) is 5.27. The number of alkyl carbamates (subject to hydrolysis) is 1. The Kier molecular flexibility index (Phi) is 5.84. The smallest absolute Gasteiger partial charge is 0.408 e. The Morgan fingerprint density at radius 3 is 2.50 bits per heavy atom. The first-order valence-corrected chi connectivity index (χ1v) is 6.86. The van der Waals surface area contributed by atoms with Crippen molar-refractivity contribution in [2.45, 2.75) is 38.8 Å². The van der Waals surface area contributed by atoms with Crippen molar-refractivity contribution < 1.29 is 14.3 Å². The molecule has 0 saturated heterocycles. The molecule has 0 saturated carbocycles. The number of carbonyl (C=O) groups is 2. The number of ether oxygens (including phenoxy) is 1. The number of hydrogen-bond acceptors (Lipinski definition) is 3. The summed E-state index contributed by atoms with van der Waals surface area (Å²) in [7, 11) is 0. The predicted molar refractivity (Wildman–Crippen MR) is 79.3 cm³/mol. The number of rotatable bonds is 4. The molecular weight excluding hydrogens is 301 g/mol. The fourth-order valence-electron chi connectivity index (χ4n) is 1.55. The molecule has 20 heavy (non-hydrogen) atoms. The molecule has 0 bridgehead atoms. The van der Waals surface area contributed by atoms with E-state index in [9.17, 15) is 9.59 Å². The molecule has 6 heteroatoms. The maximum absolute atomic E-state index is 11.8. The molecule has 1 amide bonds. The molecule has 110 valence electrons. The van der Waals surface area contributed by atoms with E-state index < -0.39 is 17.7 Å². The third-order valence-electron chi connectivity index (χ3n) is 2.37. The molecule has 1 aromatic rings. The molecule has 0 heterocycles. The minimum Gasteiger partial charge on any atom is -0.444 e. The van der Waals surface area contributed by atoms with E-state index in [-0.39, 0.29) is 6.42 Å². The quantitative estimate of drug-likeness (QED) is 0.849. The van der Waals surface area contributed by atoms with Gasteiger partial charge in [-0.2, -0.15) is 0 Å². The maximum Gasteiger partial charge on any atom is 0.408 e. The normalized spacial score (nSPS) is 12.7. The Morgan fingerprint density at radius 1 is 1.35 bits per heavy atom. The van der Waals surface area contributed by atoms with Gasteiger partial charge in [0.15, 0.2) is 0 Å². The van der Waals surface area contributed by atoms with Crippen molar-refractivity contribution in [3.05, 3.63) is 33.8 Å². The van der Waals surface area contributed by atoms with Crippen molar-refractivity contribution in [2.75, 3.05) is 0 Å². The highest BCUT2D eigenvalue weighted by Crippen LogP contribution is 2.26. The van der Waals surface area contributed by atoms with Crippen LogP contribution < -0.4 is 5.32 Å². The van der Waals surface area contributed by atoms with Crippen molar-refractivity contribution >= 4 is 35.6 Å². The SMILES string of the molecule is CC(C)(C)OC(=O)N[C@@H](CC=O)c1ccc(Cl)c(Cl)c1. The van der Waals surface area contributed by atoms with Crippen LogP contribution in [0.3, 0.4) is 0 Å². The van der Waals surface area contributed by atoms with Crippen LogP contribution in [0.2, 0.25) is 10.0 Å². The van der Waals surface area contributed by atoms with Gasteiger partial charge in [0.2, 0.25) is 0 Å². The monoisotopic (exact) mass is 317 g/mol. The summed E-state index contributed by atoms with van der Waals surface area (Å²) in [4.78, 5) is 22.5. The lowest BCUT2D eigenvalue weighted by Gasteiger charge is -2.23. The van der Waals surface area contributed by atoms with Crippen molar-refractivity contribution in [3.63, 3.8) is 0 Å². The lowest BCUT2D eigenvalue weighted by molar-refractivity contribution is -0.108. The van der Waals surface area contributed by atoms with Crippen LogP contribution >= 0.6 is 23.2 Å². The maximum atomic E-state index is 11.8. The van der Waals surface area contributed by atoms with Crippen LogP contribution in [0.25, 0.3) is 0 Å². The van der Waals surface area contributed by atoms with E-state index >= 15 is 0 Å². The highest BCUT2D eigenvalue weighted by Gasteiger charge is 2.20. The van der Waals surface area contributed by atoms with Crippen LogP contribution in [-0.2, 0) is 9.53 Å². The van der Waals surface area contributed by atoms with Crippen molar-refractivity contribution in [1.82, 2.24) is 5.32 Å². The highest BCUT2D eigenvalue weighted by molar-refractivity contribution is 6.42. The van der Waals surface area contributed by atoms with Crippen molar-refractivity contribution in [2.24, 2.45) is 0 Å². The molecule has 0 unspecified atom stereocenters. The number of carbonyl (C=O) groups excluding carboxylic acids is 2. The van der Waals surface area contributed by atoms with E-state index in [1.807, 2.05) is 0 Å². The van der Waals surface area contributed by atoms with Crippen LogP contribution in [0, 0.1) is 0 Å². The number of amides is 1. The van der Waals surface area contributed by atoms with Crippen LogP contribution in [0.5, 0.6) is 0 Å². The molecule has 0 radical (unpaired) electrons. The Labute approximate surface area is 128 Å². The van der Waals surface area contributed by atoms with E-state index in [4.69, 9.17) is 27.9 Å². The fourth-order valence-corrected chi connectivity index (χ4v) is 1.86. The van der Waals surface area contributed by atoms with Gasteiger partial charge < -0.3 is 14.8 Å². The van der Waals surface area contributed by atoms with E-state index in [2.05, 4.69) is 5.32 Å². The Morgan fingerprint density at radius 2 is 2.00 bits per heavy atom. The number of halogens is 2. The molecular formula is C14H17Cl2NO3. The zero-order valence-corrected chi connectivity index (χ0v) is 13.1. The summed E-state index contributed by atoms with van der Waals surface area (Å²) >= 11 is 11.8. The summed E-state index contributed by atoms with van der Waals surface area (Å²) in [6.07, 6.45) is 0.261. The summed E-state index contributed by atoms with van der Waals surface area (Å²) in [5.74, 6) is 0. The van der Waals surface area contributed by atoms with Crippen molar-refractivity contribution in [1.29, 1.82) is 0 Å². The van der Waals surface area contributed by atoms with Gasteiger partial charge in [-0.05, 0) is 38.5 Å². The molecule has 0 aliphatic carbocycles. The number of nitrogens with one attached hydrogen (secondary N) is 1. The molecule has 1 rings (SSSR count). The second kappa shape index (κ2) is 6.95. The molecule has 0 fully saturated rings. The summed E-state index contributed by atoms with van der Waals surface area (Å²) in [6.45, 7) is 5.29. The number of benzene rings is 1. The van der Waals surface area contributed by atoms with Gasteiger partial charge in [-0.15, -0.1) is 0 Å². The Balaban J connectivity index is 2.85. The standard InChI is InChI=1S/C14H17Cl2NO3/c1-14(2,3)20-13(19)17-12(6-7-18)9-4-5-10(15)11(16)8-9/h4-5,7-8,12H,6H2,1-3H3,(H,17,19)/t12-/m0/s1. The minimum atomic E-state index is -0.604. The van der Waals surface area contributed by atoms with Gasteiger partial charge in [0.25, 0.3) is 0 Å². The first kappa shape index (κ1) is 16.8. The molecule has 0 spiro atoms. The molecule has 4 nitrogen and oxygen atoms in total. The van der Waals surface area contributed by atoms with Crippen LogP contribution in [0.1, 0.15) is 38.8 Å². The molecule has 1 atom stereocenters. The van der Waals surface area contributed by atoms with Gasteiger partial charge in [-0.1, -0.05) is 29.3 Å². The fraction of sp³-hybridized carbons (Fsp3) is 0.429. The number of aldehydes is 1. The largest absolute Gasteiger partial charge is 0.444 e.